The van der Waals surface area contributed by atoms with Crippen LogP contribution in [-0.4, -0.2) is 39.5 Å². The molecule has 0 heterocycles. The van der Waals surface area contributed by atoms with Crippen LogP contribution in [-0.2, 0) is 4.79 Å². The number of aliphatic hydroxyl groups is 2. The van der Waals surface area contributed by atoms with E-state index in [0.29, 0.717) is 41.5 Å². The molecule has 0 aromatic rings. The molecule has 5 N–H and O–H groups in total. The third-order valence-corrected chi connectivity index (χ3v) is 12.0. The number of carboxylic acids is 1. The van der Waals surface area contributed by atoms with Crippen LogP contribution in [0.2, 0.25) is 0 Å². The second kappa shape index (κ2) is 11.0. The fourth-order valence-electron chi connectivity index (χ4n) is 9.85. The zero-order valence-corrected chi connectivity index (χ0v) is 22.6. The molecule has 10 atom stereocenters. The van der Waals surface area contributed by atoms with Crippen molar-refractivity contribution in [1.82, 2.24) is 0 Å². The first-order valence-electron chi connectivity index (χ1n) is 14.9. The molecule has 5 fully saturated rings. The van der Waals surface area contributed by atoms with Gasteiger partial charge in [-0.1, -0.05) is 40.0 Å². The lowest BCUT2D eigenvalue weighted by atomic mass is 9.43. The van der Waals surface area contributed by atoms with E-state index in [-0.39, 0.29) is 29.5 Å². The second-order valence-corrected chi connectivity index (χ2v) is 13.7. The van der Waals surface area contributed by atoms with Crippen LogP contribution < -0.4 is 5.73 Å². The predicted molar refractivity (Wildman–Crippen MR) is 140 cm³/mol. The largest absolute Gasteiger partial charge is 0.481 e. The van der Waals surface area contributed by atoms with Crippen molar-refractivity contribution >= 4 is 5.97 Å². The van der Waals surface area contributed by atoms with Crippen LogP contribution in [0.1, 0.15) is 117 Å². The molecule has 5 aliphatic carbocycles. The van der Waals surface area contributed by atoms with Crippen molar-refractivity contribution in [1.29, 1.82) is 0 Å². The SMILES string of the molecule is CC(CCC(=O)O)[C@H]1CC[C@H]2[C@@H]3CC[C@@H]4C[C@H](O)CC[C@]4(C)[C@H]3C[C@H](O)[C@]12C.NC1CCCCC1. The van der Waals surface area contributed by atoms with E-state index in [1.54, 1.807) is 0 Å². The van der Waals surface area contributed by atoms with Crippen LogP contribution in [0.4, 0.5) is 0 Å². The first kappa shape index (κ1) is 27.4. The molecule has 202 valence electrons. The van der Waals surface area contributed by atoms with Crippen LogP contribution in [0.15, 0.2) is 0 Å². The smallest absolute Gasteiger partial charge is 0.303 e. The summed E-state index contributed by atoms with van der Waals surface area (Å²) in [5.41, 5.74) is 5.85. The first-order chi connectivity index (χ1) is 16.6. The summed E-state index contributed by atoms with van der Waals surface area (Å²) in [5.74, 6) is 2.55. The van der Waals surface area contributed by atoms with Gasteiger partial charge in [-0.25, -0.2) is 0 Å². The fraction of sp³-hybridized carbons (Fsp3) is 0.967. The highest BCUT2D eigenvalue weighted by Crippen LogP contribution is 2.68. The van der Waals surface area contributed by atoms with E-state index in [4.69, 9.17) is 10.8 Å². The third-order valence-electron chi connectivity index (χ3n) is 12.0. The molecule has 0 aromatic carbocycles. The van der Waals surface area contributed by atoms with E-state index < -0.39 is 5.97 Å². The predicted octanol–water partition coefficient (Wildman–Crippen LogP) is 5.76. The van der Waals surface area contributed by atoms with Gasteiger partial charge in [-0.15, -0.1) is 0 Å². The van der Waals surface area contributed by atoms with Crippen molar-refractivity contribution in [2.75, 3.05) is 0 Å². The van der Waals surface area contributed by atoms with E-state index >= 15 is 0 Å². The zero-order valence-electron chi connectivity index (χ0n) is 22.6. The van der Waals surface area contributed by atoms with Gasteiger partial charge in [0.15, 0.2) is 0 Å². The van der Waals surface area contributed by atoms with Crippen molar-refractivity contribution < 1.29 is 20.1 Å². The second-order valence-electron chi connectivity index (χ2n) is 13.7. The van der Waals surface area contributed by atoms with Gasteiger partial charge in [0, 0.05) is 12.5 Å². The van der Waals surface area contributed by atoms with E-state index in [9.17, 15) is 15.0 Å². The van der Waals surface area contributed by atoms with Gasteiger partial charge >= 0.3 is 5.97 Å². The summed E-state index contributed by atoms with van der Waals surface area (Å²) in [6, 6.07) is 0.536. The molecule has 5 nitrogen and oxygen atoms in total. The number of nitrogens with two attached hydrogens (primary N) is 1. The minimum absolute atomic E-state index is 0.0591. The Kier molecular flexibility index (Phi) is 8.60. The quantitative estimate of drug-likeness (QED) is 0.400. The Labute approximate surface area is 213 Å². The lowest BCUT2D eigenvalue weighted by molar-refractivity contribution is -0.175. The van der Waals surface area contributed by atoms with Crippen molar-refractivity contribution in [2.24, 2.45) is 52.1 Å². The van der Waals surface area contributed by atoms with Crippen molar-refractivity contribution in [3.8, 4) is 0 Å². The molecular formula is C30H53NO4. The van der Waals surface area contributed by atoms with Crippen LogP contribution in [0.25, 0.3) is 0 Å². The van der Waals surface area contributed by atoms with Crippen molar-refractivity contribution in [3.63, 3.8) is 0 Å². The molecular weight excluding hydrogens is 438 g/mol. The number of rotatable bonds is 4. The number of aliphatic carboxylic acids is 1. The van der Waals surface area contributed by atoms with Gasteiger partial charge in [-0.3, -0.25) is 4.79 Å². The standard InChI is InChI=1S/C24H40O4.C6H13N/c1-14(4-9-22(27)28)18-7-8-19-17-6-5-15-12-16(25)10-11-23(15,2)20(17)13-21(26)24(18,19)3;7-6-4-2-1-3-5-6/h14-21,25-26H,4-13H2,1-3H3,(H,27,28);6H,1-5,7H2/t14?,15-,16-,17+,18-,19+,20+,21+,23+,24-;/m1./s1. The molecule has 5 aliphatic rings. The highest BCUT2D eigenvalue weighted by molar-refractivity contribution is 5.66. The van der Waals surface area contributed by atoms with Gasteiger partial charge < -0.3 is 21.1 Å². The number of aliphatic hydroxyl groups excluding tert-OH is 2. The lowest BCUT2D eigenvalue weighted by Crippen LogP contribution is -2.58. The van der Waals surface area contributed by atoms with Gasteiger partial charge in [0.1, 0.15) is 0 Å². The van der Waals surface area contributed by atoms with Crippen LogP contribution in [0.3, 0.4) is 0 Å². The van der Waals surface area contributed by atoms with Crippen molar-refractivity contribution in [3.05, 3.63) is 0 Å². The first-order valence-corrected chi connectivity index (χ1v) is 14.9. The molecule has 5 saturated carbocycles. The molecule has 0 radical (unpaired) electrons. The molecule has 0 bridgehead atoms. The Morgan fingerprint density at radius 1 is 0.943 bits per heavy atom. The molecule has 0 spiro atoms. The maximum Gasteiger partial charge on any atom is 0.303 e. The number of carboxylic acid groups (broad SMARTS) is 1. The van der Waals surface area contributed by atoms with Gasteiger partial charge in [-0.2, -0.15) is 0 Å². The molecule has 0 aromatic heterocycles. The Hall–Kier alpha value is -0.650. The normalized spacial score (nSPS) is 46.4. The number of hydrogen-bond acceptors (Lipinski definition) is 4. The molecule has 0 aliphatic heterocycles. The van der Waals surface area contributed by atoms with E-state index in [1.807, 2.05) is 0 Å². The van der Waals surface area contributed by atoms with Crippen molar-refractivity contribution in [2.45, 2.75) is 135 Å². The lowest BCUT2D eigenvalue weighted by Gasteiger charge is -2.62. The zero-order chi connectivity index (χ0) is 25.4. The molecule has 5 heteroatoms. The van der Waals surface area contributed by atoms with Crippen LogP contribution >= 0.6 is 0 Å². The molecule has 1 unspecified atom stereocenters. The van der Waals surface area contributed by atoms with E-state index in [2.05, 4.69) is 20.8 Å². The average molecular weight is 492 g/mol. The average Bonchev–Trinajstić information content (AvgIpc) is 3.18. The molecule has 35 heavy (non-hydrogen) atoms. The van der Waals surface area contributed by atoms with Gasteiger partial charge in [0.2, 0.25) is 0 Å². The number of hydrogen-bond donors (Lipinski definition) is 4. The highest BCUT2D eigenvalue weighted by Gasteiger charge is 2.63. The van der Waals surface area contributed by atoms with Gasteiger partial charge in [0.05, 0.1) is 12.2 Å². The Balaban J connectivity index is 0.000000356. The van der Waals surface area contributed by atoms with E-state index in [1.165, 1.54) is 51.4 Å². The number of carbonyl (C=O) groups is 1. The van der Waals surface area contributed by atoms with E-state index in [0.717, 1.165) is 38.5 Å². The topological polar surface area (TPSA) is 104 Å². The summed E-state index contributed by atoms with van der Waals surface area (Å²) in [6.07, 6.45) is 15.9. The minimum atomic E-state index is -0.707. The monoisotopic (exact) mass is 491 g/mol. The third kappa shape index (κ3) is 5.34. The molecule has 0 saturated heterocycles. The van der Waals surface area contributed by atoms with Gasteiger partial charge in [0.25, 0.3) is 0 Å². The minimum Gasteiger partial charge on any atom is -0.481 e. The summed E-state index contributed by atoms with van der Waals surface area (Å²) in [5, 5.41) is 30.8. The Bertz CT molecular complexity index is 723. The summed E-state index contributed by atoms with van der Waals surface area (Å²) in [7, 11) is 0. The Morgan fingerprint density at radius 3 is 2.29 bits per heavy atom. The van der Waals surface area contributed by atoms with Crippen LogP contribution in [0.5, 0.6) is 0 Å². The summed E-state index contributed by atoms with van der Waals surface area (Å²) in [6.45, 7) is 6.99. The molecule has 5 rings (SSSR count). The maximum atomic E-state index is 11.5. The summed E-state index contributed by atoms with van der Waals surface area (Å²) >= 11 is 0. The fourth-order valence-corrected chi connectivity index (χ4v) is 9.85. The Morgan fingerprint density at radius 2 is 1.66 bits per heavy atom. The highest BCUT2D eigenvalue weighted by atomic mass is 16.4. The van der Waals surface area contributed by atoms with Crippen LogP contribution in [0, 0.1) is 46.3 Å². The van der Waals surface area contributed by atoms with Gasteiger partial charge in [-0.05, 0) is 117 Å². The summed E-state index contributed by atoms with van der Waals surface area (Å²) < 4.78 is 0. The molecule has 0 amide bonds. The maximum absolute atomic E-state index is 11.5. The number of fused-ring (bicyclic) bond motifs is 5. The summed E-state index contributed by atoms with van der Waals surface area (Å²) in [4.78, 5) is 11.1.